The Morgan fingerprint density at radius 2 is 0.865 bits per heavy atom. The molecule has 0 aromatic heterocycles. The number of carbonyl (C=O) groups excluding carboxylic acids is 1. The van der Waals surface area contributed by atoms with Crippen molar-refractivity contribution in [3.05, 3.63) is 0 Å². The second-order valence-electron chi connectivity index (χ2n) is 11.6. The number of nitrogens with one attached hydrogen (secondary N) is 1. The first kappa shape index (κ1) is 36.4. The molecule has 0 aliphatic rings. The number of aliphatic hydroxyl groups excluding tert-OH is 2. The number of rotatable bonds is 30. The standard InChI is InChI=1S/C33H67NO3/c1-3-5-7-9-11-13-15-17-18-20-22-24-26-28-32(36)31(30-35)34-33(37)29-27-25-23-21-19-16-14-12-10-8-6-4-2/h31-32,35-36H,3-30H2,1-2H3,(H,34,37)/t31-,32+/m0/s1. The summed E-state index contributed by atoms with van der Waals surface area (Å²) >= 11 is 0. The highest BCUT2D eigenvalue weighted by Gasteiger charge is 2.19. The molecule has 0 bridgehead atoms. The zero-order valence-electron chi connectivity index (χ0n) is 25.3. The second-order valence-corrected chi connectivity index (χ2v) is 11.6. The number of unbranched alkanes of at least 4 members (excludes halogenated alkanes) is 23. The Bertz CT molecular complexity index is 457. The van der Waals surface area contributed by atoms with Gasteiger partial charge < -0.3 is 15.5 Å². The van der Waals surface area contributed by atoms with Gasteiger partial charge in [0.2, 0.25) is 5.91 Å². The van der Waals surface area contributed by atoms with Crippen molar-refractivity contribution in [3.8, 4) is 0 Å². The zero-order chi connectivity index (χ0) is 27.2. The molecular weight excluding hydrogens is 458 g/mol. The molecule has 0 unspecified atom stereocenters. The highest BCUT2D eigenvalue weighted by Crippen LogP contribution is 2.15. The van der Waals surface area contributed by atoms with Crippen LogP contribution in [0.2, 0.25) is 0 Å². The highest BCUT2D eigenvalue weighted by molar-refractivity contribution is 5.76. The molecule has 0 fully saturated rings. The molecular formula is C33H67NO3. The summed E-state index contributed by atoms with van der Waals surface area (Å²) in [5, 5.41) is 22.9. The molecule has 222 valence electrons. The van der Waals surface area contributed by atoms with E-state index in [9.17, 15) is 15.0 Å². The lowest BCUT2D eigenvalue weighted by molar-refractivity contribution is -0.123. The third-order valence-electron chi connectivity index (χ3n) is 7.87. The Labute approximate surface area is 232 Å². The molecule has 0 aliphatic carbocycles. The molecule has 0 saturated heterocycles. The Balaban J connectivity index is 3.56. The van der Waals surface area contributed by atoms with Gasteiger partial charge in [0.05, 0.1) is 18.8 Å². The summed E-state index contributed by atoms with van der Waals surface area (Å²) in [6.07, 6.45) is 32.9. The van der Waals surface area contributed by atoms with E-state index in [1.807, 2.05) is 0 Å². The number of carbonyl (C=O) groups is 1. The fourth-order valence-electron chi connectivity index (χ4n) is 5.24. The Hall–Kier alpha value is -0.610. The van der Waals surface area contributed by atoms with E-state index >= 15 is 0 Å². The maximum atomic E-state index is 12.3. The van der Waals surface area contributed by atoms with Gasteiger partial charge in [0.1, 0.15) is 0 Å². The summed E-state index contributed by atoms with van der Waals surface area (Å²) in [7, 11) is 0. The highest BCUT2D eigenvalue weighted by atomic mass is 16.3. The first-order valence-corrected chi connectivity index (χ1v) is 16.7. The summed E-state index contributed by atoms with van der Waals surface area (Å²) in [5.74, 6) is -0.0319. The smallest absolute Gasteiger partial charge is 0.220 e. The van der Waals surface area contributed by atoms with E-state index in [0.717, 1.165) is 25.7 Å². The van der Waals surface area contributed by atoms with Gasteiger partial charge in [-0.1, -0.05) is 168 Å². The fraction of sp³-hybridized carbons (Fsp3) is 0.970. The lowest BCUT2D eigenvalue weighted by Gasteiger charge is -2.22. The molecule has 0 rings (SSSR count). The molecule has 0 aromatic carbocycles. The van der Waals surface area contributed by atoms with Gasteiger partial charge in [0.15, 0.2) is 0 Å². The minimum absolute atomic E-state index is 0.0319. The topological polar surface area (TPSA) is 69.6 Å². The van der Waals surface area contributed by atoms with Crippen LogP contribution in [0.5, 0.6) is 0 Å². The van der Waals surface area contributed by atoms with E-state index in [0.29, 0.717) is 12.8 Å². The SMILES string of the molecule is CCCCCCCCCCCCCCC[C@@H](O)[C@H](CO)NC(=O)CCCCCCCCCCCCCC. The van der Waals surface area contributed by atoms with Crippen molar-refractivity contribution in [1.82, 2.24) is 5.32 Å². The Morgan fingerprint density at radius 3 is 1.22 bits per heavy atom. The van der Waals surface area contributed by atoms with Crippen LogP contribution in [0.15, 0.2) is 0 Å². The average molecular weight is 526 g/mol. The third kappa shape index (κ3) is 26.8. The van der Waals surface area contributed by atoms with Crippen molar-refractivity contribution in [2.45, 2.75) is 199 Å². The van der Waals surface area contributed by atoms with E-state index in [1.54, 1.807) is 0 Å². The monoisotopic (exact) mass is 526 g/mol. The molecule has 4 nitrogen and oxygen atoms in total. The molecule has 2 atom stereocenters. The summed E-state index contributed by atoms with van der Waals surface area (Å²) in [6.45, 7) is 4.34. The Kier molecular flexibility index (Phi) is 29.4. The van der Waals surface area contributed by atoms with Crippen LogP contribution < -0.4 is 5.32 Å². The minimum Gasteiger partial charge on any atom is -0.394 e. The molecule has 4 heteroatoms. The second kappa shape index (κ2) is 29.9. The van der Waals surface area contributed by atoms with E-state index in [-0.39, 0.29) is 12.5 Å². The van der Waals surface area contributed by atoms with Crippen LogP contribution >= 0.6 is 0 Å². The number of hydrogen-bond donors (Lipinski definition) is 3. The quantitative estimate of drug-likeness (QED) is 0.0818. The first-order valence-electron chi connectivity index (χ1n) is 16.7. The molecule has 0 spiro atoms. The predicted octanol–water partition coefficient (Wildman–Crippen LogP) is 9.40. The van der Waals surface area contributed by atoms with Crippen molar-refractivity contribution in [1.29, 1.82) is 0 Å². The molecule has 3 N–H and O–H groups in total. The van der Waals surface area contributed by atoms with Crippen molar-refractivity contribution in [2.75, 3.05) is 6.61 Å². The van der Waals surface area contributed by atoms with Crippen LogP contribution in [0.4, 0.5) is 0 Å². The van der Waals surface area contributed by atoms with Crippen molar-refractivity contribution in [2.24, 2.45) is 0 Å². The molecule has 0 aromatic rings. The van der Waals surface area contributed by atoms with E-state index in [2.05, 4.69) is 19.2 Å². The van der Waals surface area contributed by atoms with E-state index in [1.165, 1.54) is 135 Å². The normalized spacial score (nSPS) is 13.1. The zero-order valence-corrected chi connectivity index (χ0v) is 25.3. The summed E-state index contributed by atoms with van der Waals surface area (Å²) < 4.78 is 0. The minimum atomic E-state index is -0.649. The fourth-order valence-corrected chi connectivity index (χ4v) is 5.24. The molecule has 37 heavy (non-hydrogen) atoms. The number of hydrogen-bond acceptors (Lipinski definition) is 3. The first-order chi connectivity index (χ1) is 18.2. The van der Waals surface area contributed by atoms with Crippen molar-refractivity contribution < 1.29 is 15.0 Å². The van der Waals surface area contributed by atoms with Gasteiger partial charge >= 0.3 is 0 Å². The van der Waals surface area contributed by atoms with Crippen LogP contribution in [0.1, 0.15) is 187 Å². The number of aliphatic hydroxyl groups is 2. The van der Waals surface area contributed by atoms with Crippen LogP contribution in [0, 0.1) is 0 Å². The molecule has 0 radical (unpaired) electrons. The summed E-state index contributed by atoms with van der Waals surface area (Å²) in [4.78, 5) is 12.3. The lowest BCUT2D eigenvalue weighted by atomic mass is 10.0. The average Bonchev–Trinajstić information content (AvgIpc) is 2.90. The van der Waals surface area contributed by atoms with Gasteiger partial charge in [0, 0.05) is 6.42 Å². The molecule has 0 saturated carbocycles. The maximum Gasteiger partial charge on any atom is 0.220 e. The summed E-state index contributed by atoms with van der Waals surface area (Å²) in [6, 6.07) is -0.526. The molecule has 0 heterocycles. The number of amides is 1. The molecule has 1 amide bonds. The van der Waals surface area contributed by atoms with Gasteiger partial charge in [0.25, 0.3) is 0 Å². The largest absolute Gasteiger partial charge is 0.394 e. The van der Waals surface area contributed by atoms with E-state index < -0.39 is 12.1 Å². The van der Waals surface area contributed by atoms with Gasteiger partial charge in [-0.05, 0) is 12.8 Å². The van der Waals surface area contributed by atoms with Gasteiger partial charge in [-0.2, -0.15) is 0 Å². The van der Waals surface area contributed by atoms with Crippen LogP contribution in [0.3, 0.4) is 0 Å². The maximum absolute atomic E-state index is 12.3. The molecule has 0 aliphatic heterocycles. The van der Waals surface area contributed by atoms with Gasteiger partial charge in [-0.3, -0.25) is 4.79 Å². The van der Waals surface area contributed by atoms with Gasteiger partial charge in [-0.25, -0.2) is 0 Å². The van der Waals surface area contributed by atoms with Crippen LogP contribution in [-0.2, 0) is 4.79 Å². The Morgan fingerprint density at radius 1 is 0.541 bits per heavy atom. The van der Waals surface area contributed by atoms with Gasteiger partial charge in [-0.15, -0.1) is 0 Å². The van der Waals surface area contributed by atoms with Crippen LogP contribution in [0.25, 0.3) is 0 Å². The summed E-state index contributed by atoms with van der Waals surface area (Å²) in [5.41, 5.74) is 0. The van der Waals surface area contributed by atoms with Crippen LogP contribution in [-0.4, -0.2) is 34.9 Å². The van der Waals surface area contributed by atoms with E-state index in [4.69, 9.17) is 0 Å². The third-order valence-corrected chi connectivity index (χ3v) is 7.87. The van der Waals surface area contributed by atoms with Crippen molar-refractivity contribution >= 4 is 5.91 Å². The van der Waals surface area contributed by atoms with Crippen molar-refractivity contribution in [3.63, 3.8) is 0 Å². The predicted molar refractivity (Wildman–Crippen MR) is 161 cm³/mol. The lowest BCUT2D eigenvalue weighted by Crippen LogP contribution is -2.45.